The van der Waals surface area contributed by atoms with Gasteiger partial charge in [0, 0.05) is 35.2 Å². The molecule has 0 aromatic carbocycles. The van der Waals surface area contributed by atoms with Gasteiger partial charge in [-0.15, -0.1) is 0 Å². The minimum Gasteiger partial charge on any atom is 0 e. The molecule has 0 amide bonds. The number of hydrogen-bond donors (Lipinski definition) is 0. The fraction of sp³-hybridized carbons (Fsp3) is 0.467. The first-order valence-electron chi connectivity index (χ1n) is 5.88. The van der Waals surface area contributed by atoms with Gasteiger partial charge in [0.05, 0.1) is 0 Å². The molecule has 1 aliphatic carbocycles. The molecule has 1 saturated heterocycles. The second-order valence-corrected chi connectivity index (χ2v) is 4.14. The van der Waals surface area contributed by atoms with Crippen LogP contribution in [0, 0.1) is 51.7 Å². The average Bonchev–Trinajstić information content (AvgIpc) is 2.85. The molecule has 0 aromatic heterocycles. The molecule has 6 radical (unpaired) electrons. The van der Waals surface area contributed by atoms with E-state index in [2.05, 4.69) is 64.4 Å². The zero-order chi connectivity index (χ0) is 15.3. The van der Waals surface area contributed by atoms with Gasteiger partial charge in [-0.2, -0.15) is 0 Å². The van der Waals surface area contributed by atoms with E-state index in [4.69, 9.17) is 14.0 Å². The van der Waals surface area contributed by atoms with Crippen LogP contribution in [0.5, 0.6) is 0 Å². The van der Waals surface area contributed by atoms with Crippen LogP contribution in [0.2, 0.25) is 0 Å². The van der Waals surface area contributed by atoms with Gasteiger partial charge in [0.25, 0.3) is 0 Å². The molecule has 0 unspecified atom stereocenters. The Hall–Kier alpha value is -0.301. The van der Waals surface area contributed by atoms with Crippen molar-refractivity contribution < 1.29 is 31.0 Å². The molecule has 0 aromatic rings. The quantitative estimate of drug-likeness (QED) is 0.416. The fourth-order valence-electron chi connectivity index (χ4n) is 2.40. The molecule has 4 nitrogen and oxygen atoms in total. The van der Waals surface area contributed by atoms with Crippen LogP contribution in [0.3, 0.4) is 0 Å². The maximum Gasteiger partial charge on any atom is 0 e. The standard InChI is InChI=1S/C12H18N.3CO.Mn/c1-10-8-9-11(2)13(10)12-6-4-3-5-7-12;3*1-2;/h3-4,6-7,10-11H,5,8-9H2,1-2H3;;;;/t10-,11-;;;;/m1..../s1. The molecule has 2 fully saturated rings. The summed E-state index contributed by atoms with van der Waals surface area (Å²) in [6.45, 7) is 18.2. The number of hydrogen-bond acceptors (Lipinski definition) is 1. The van der Waals surface area contributed by atoms with E-state index >= 15 is 0 Å². The van der Waals surface area contributed by atoms with Gasteiger partial charge in [-0.1, -0.05) is 0 Å². The summed E-state index contributed by atoms with van der Waals surface area (Å²) in [5, 5.41) is 0. The number of likely N-dealkylation sites (tertiary alicyclic amines) is 1. The van der Waals surface area contributed by atoms with E-state index in [1.54, 1.807) is 0 Å². The van der Waals surface area contributed by atoms with Crippen molar-refractivity contribution in [3.63, 3.8) is 0 Å². The van der Waals surface area contributed by atoms with Gasteiger partial charge >= 0.3 is 33.9 Å². The van der Waals surface area contributed by atoms with E-state index in [0.717, 1.165) is 18.5 Å². The van der Waals surface area contributed by atoms with Crippen LogP contribution in [-0.2, 0) is 31.0 Å². The first kappa shape index (κ1) is 24.7. The Kier molecular flexibility index (Phi) is 20.7. The summed E-state index contributed by atoms with van der Waals surface area (Å²) in [6, 6.07) is 2.88. The van der Waals surface area contributed by atoms with Gasteiger partial charge in [0.15, 0.2) is 0 Å². The smallest absolute Gasteiger partial charge is 0 e. The van der Waals surface area contributed by atoms with Crippen LogP contribution >= 0.6 is 0 Å². The van der Waals surface area contributed by atoms with Crippen LogP contribution in [0.15, 0.2) is 0 Å². The van der Waals surface area contributed by atoms with Crippen LogP contribution < -0.4 is 0 Å². The SMILES string of the molecule is C[C@@H]1CC[C@@H](C)N1[C]1[CH][CH][CH]C[CH]1.[C-]#[O+].[C-]#[O+].[C-]#[O+].[Mn]. The van der Waals surface area contributed by atoms with Crippen molar-refractivity contribution >= 4 is 0 Å². The molecule has 20 heavy (non-hydrogen) atoms. The fourth-order valence-corrected chi connectivity index (χ4v) is 2.40. The minimum absolute atomic E-state index is 0. The van der Waals surface area contributed by atoms with Gasteiger partial charge in [0.1, 0.15) is 0 Å². The second-order valence-electron chi connectivity index (χ2n) is 4.14. The van der Waals surface area contributed by atoms with Crippen LogP contribution in [0.25, 0.3) is 0 Å². The topological polar surface area (TPSA) is 62.9 Å². The molecule has 1 heterocycles. The molecular formula is C15H18MnNO3. The molecule has 2 atom stereocenters. The van der Waals surface area contributed by atoms with Crippen molar-refractivity contribution in [3.8, 4) is 0 Å². The van der Waals surface area contributed by atoms with Crippen molar-refractivity contribution in [1.82, 2.24) is 4.90 Å². The van der Waals surface area contributed by atoms with E-state index in [0.29, 0.717) is 0 Å². The molecule has 0 spiro atoms. The molecule has 2 aliphatic rings. The minimum atomic E-state index is 0. The molecule has 2 rings (SSSR count). The van der Waals surface area contributed by atoms with Gasteiger partial charge < -0.3 is 0 Å². The maximum atomic E-state index is 7.50. The Morgan fingerprint density at radius 3 is 1.80 bits per heavy atom. The van der Waals surface area contributed by atoms with Crippen LogP contribution in [0.4, 0.5) is 0 Å². The molecular weight excluding hydrogens is 297 g/mol. The third kappa shape index (κ3) is 8.09. The first-order chi connectivity index (χ1) is 9.29. The zero-order valence-corrected chi connectivity index (χ0v) is 12.8. The Labute approximate surface area is 133 Å². The van der Waals surface area contributed by atoms with Crippen molar-refractivity contribution in [3.05, 3.63) is 51.7 Å². The van der Waals surface area contributed by atoms with Crippen LogP contribution in [-0.4, -0.2) is 17.0 Å². The summed E-state index contributed by atoms with van der Waals surface area (Å²) in [7, 11) is 0. The number of nitrogens with zero attached hydrogens (tertiary/aromatic N) is 1. The summed E-state index contributed by atoms with van der Waals surface area (Å²) in [4.78, 5) is 2.56. The third-order valence-electron chi connectivity index (χ3n) is 3.12. The van der Waals surface area contributed by atoms with Crippen molar-refractivity contribution in [2.75, 3.05) is 0 Å². The largest absolute Gasteiger partial charge is 0 e. The Balaban J connectivity index is -0.000000368. The van der Waals surface area contributed by atoms with Gasteiger partial charge in [-0.25, -0.2) is 0 Å². The van der Waals surface area contributed by atoms with E-state index in [9.17, 15) is 0 Å². The predicted octanol–water partition coefficient (Wildman–Crippen LogP) is 2.50. The predicted molar refractivity (Wildman–Crippen MR) is 66.8 cm³/mol. The number of rotatable bonds is 1. The Bertz CT molecular complexity index is 248. The average molecular weight is 315 g/mol. The zero-order valence-electron chi connectivity index (χ0n) is 11.6. The normalized spacial score (nSPS) is 25.2. The molecule has 0 N–H and O–H groups in total. The second kappa shape index (κ2) is 16.8. The van der Waals surface area contributed by atoms with Crippen molar-refractivity contribution in [2.45, 2.75) is 45.2 Å². The molecule has 1 aliphatic heterocycles. The van der Waals surface area contributed by atoms with Crippen LogP contribution in [0.1, 0.15) is 33.1 Å². The van der Waals surface area contributed by atoms with Gasteiger partial charge in [-0.3, -0.25) is 4.90 Å². The summed E-state index contributed by atoms with van der Waals surface area (Å²) in [5.41, 5.74) is 0. The Morgan fingerprint density at radius 1 is 1.00 bits per heavy atom. The molecule has 0 bridgehead atoms. The first-order valence-corrected chi connectivity index (χ1v) is 5.88. The molecule has 108 valence electrons. The van der Waals surface area contributed by atoms with E-state index in [1.807, 2.05) is 0 Å². The van der Waals surface area contributed by atoms with E-state index in [-0.39, 0.29) is 17.1 Å². The summed E-state index contributed by atoms with van der Waals surface area (Å²) in [5.74, 6) is 0. The molecule has 1 saturated carbocycles. The van der Waals surface area contributed by atoms with E-state index in [1.165, 1.54) is 18.9 Å². The monoisotopic (exact) mass is 315 g/mol. The Morgan fingerprint density at radius 2 is 1.45 bits per heavy atom. The van der Waals surface area contributed by atoms with Crippen molar-refractivity contribution in [2.24, 2.45) is 0 Å². The van der Waals surface area contributed by atoms with E-state index < -0.39 is 0 Å². The van der Waals surface area contributed by atoms with Gasteiger partial charge in [-0.05, 0) is 58.8 Å². The van der Waals surface area contributed by atoms with Gasteiger partial charge in [0.2, 0.25) is 0 Å². The van der Waals surface area contributed by atoms with Crippen molar-refractivity contribution in [1.29, 1.82) is 0 Å². The summed E-state index contributed by atoms with van der Waals surface area (Å²) in [6.07, 6.45) is 12.7. The third-order valence-corrected chi connectivity index (χ3v) is 3.12. The summed E-state index contributed by atoms with van der Waals surface area (Å²) >= 11 is 0. The molecule has 5 heteroatoms. The summed E-state index contributed by atoms with van der Waals surface area (Å²) < 4.78 is 22.5. The maximum absolute atomic E-state index is 7.50.